The Bertz CT molecular complexity index is 825. The number of rotatable bonds is 4. The minimum atomic E-state index is -0.675. The first-order valence-electron chi connectivity index (χ1n) is 7.12. The van der Waals surface area contributed by atoms with Crippen LogP contribution in [0.25, 0.3) is 6.08 Å². The van der Waals surface area contributed by atoms with E-state index in [1.807, 2.05) is 0 Å². The van der Waals surface area contributed by atoms with Crippen molar-refractivity contribution >= 4 is 35.5 Å². The Morgan fingerprint density at radius 3 is 2.21 bits per heavy atom. The molecular weight excluding hydrogens is 330 g/mol. The molecule has 0 atom stereocenters. The second-order valence-corrected chi connectivity index (χ2v) is 5.44. The molecule has 6 heteroatoms. The van der Waals surface area contributed by atoms with Gasteiger partial charge >= 0.3 is 5.97 Å². The average Bonchev–Trinajstić information content (AvgIpc) is 2.84. The molecule has 1 aliphatic rings. The first-order valence-corrected chi connectivity index (χ1v) is 7.50. The van der Waals surface area contributed by atoms with Crippen molar-refractivity contribution in [2.45, 2.75) is 0 Å². The number of fused-ring (bicyclic) bond motifs is 1. The largest absolute Gasteiger partial charge is 0.441 e. The number of halogens is 1. The van der Waals surface area contributed by atoms with Gasteiger partial charge in [-0.3, -0.25) is 9.59 Å². The van der Waals surface area contributed by atoms with E-state index in [4.69, 9.17) is 16.3 Å². The lowest BCUT2D eigenvalue weighted by Gasteiger charge is -2.12. The van der Waals surface area contributed by atoms with Gasteiger partial charge in [0.1, 0.15) is 0 Å². The van der Waals surface area contributed by atoms with E-state index in [1.54, 1.807) is 48.5 Å². The molecule has 0 aliphatic carbocycles. The molecule has 2 aromatic rings. The summed E-state index contributed by atoms with van der Waals surface area (Å²) in [6.07, 6.45) is 2.70. The molecule has 0 spiro atoms. The highest BCUT2D eigenvalue weighted by atomic mass is 35.5. The van der Waals surface area contributed by atoms with E-state index in [2.05, 4.69) is 0 Å². The molecule has 0 aromatic heterocycles. The summed E-state index contributed by atoms with van der Waals surface area (Å²) in [5, 5.41) is 0.502. The zero-order chi connectivity index (χ0) is 17.1. The van der Waals surface area contributed by atoms with E-state index in [-0.39, 0.29) is 0 Å². The lowest BCUT2D eigenvalue weighted by atomic mass is 10.1. The number of benzene rings is 2. The van der Waals surface area contributed by atoms with E-state index in [0.717, 1.165) is 4.90 Å². The van der Waals surface area contributed by atoms with Crippen molar-refractivity contribution in [3.05, 3.63) is 76.3 Å². The van der Waals surface area contributed by atoms with Crippen LogP contribution in [-0.4, -0.2) is 29.4 Å². The molecule has 3 rings (SSSR count). The molecule has 5 nitrogen and oxygen atoms in total. The van der Waals surface area contributed by atoms with Crippen molar-refractivity contribution in [3.8, 4) is 0 Å². The van der Waals surface area contributed by atoms with Gasteiger partial charge in [0.2, 0.25) is 0 Å². The van der Waals surface area contributed by atoms with Crippen LogP contribution in [0.1, 0.15) is 26.3 Å². The van der Waals surface area contributed by atoms with Gasteiger partial charge in [0, 0.05) is 11.1 Å². The van der Waals surface area contributed by atoms with Gasteiger partial charge in [-0.15, -0.1) is 0 Å². The number of esters is 1. The number of imide groups is 1. The number of ether oxygens (including phenoxy) is 1. The maximum Gasteiger partial charge on any atom is 0.332 e. The Morgan fingerprint density at radius 2 is 1.58 bits per heavy atom. The molecule has 0 saturated carbocycles. The quantitative estimate of drug-likeness (QED) is 0.487. The molecular formula is C18H12ClNO4. The molecule has 0 fully saturated rings. The number of hydrogen-bond acceptors (Lipinski definition) is 4. The van der Waals surface area contributed by atoms with Crippen LogP contribution in [0.2, 0.25) is 5.02 Å². The molecule has 0 N–H and O–H groups in total. The smallest absolute Gasteiger partial charge is 0.332 e. The maximum atomic E-state index is 12.1. The highest BCUT2D eigenvalue weighted by Gasteiger charge is 2.35. The van der Waals surface area contributed by atoms with Crippen molar-refractivity contribution in [1.29, 1.82) is 0 Å². The summed E-state index contributed by atoms with van der Waals surface area (Å²) in [5.74, 6) is -1.62. The molecule has 0 saturated heterocycles. The van der Waals surface area contributed by atoms with Crippen LogP contribution in [0, 0.1) is 0 Å². The van der Waals surface area contributed by atoms with Crippen LogP contribution in [0.15, 0.2) is 54.6 Å². The summed E-state index contributed by atoms with van der Waals surface area (Å²) in [7, 11) is 0. The monoisotopic (exact) mass is 341 g/mol. The van der Waals surface area contributed by atoms with E-state index in [0.29, 0.717) is 21.7 Å². The van der Waals surface area contributed by atoms with E-state index in [1.165, 1.54) is 12.2 Å². The second-order valence-electron chi connectivity index (χ2n) is 5.03. The lowest BCUT2D eigenvalue weighted by Crippen LogP contribution is -2.32. The summed E-state index contributed by atoms with van der Waals surface area (Å²) >= 11 is 5.98. The van der Waals surface area contributed by atoms with E-state index in [9.17, 15) is 14.4 Å². The van der Waals surface area contributed by atoms with Crippen LogP contribution < -0.4 is 0 Å². The maximum absolute atomic E-state index is 12.1. The minimum absolute atomic E-state index is 0.310. The fourth-order valence-electron chi connectivity index (χ4n) is 2.30. The van der Waals surface area contributed by atoms with Crippen molar-refractivity contribution in [2.75, 3.05) is 6.73 Å². The second kappa shape index (κ2) is 6.68. The zero-order valence-electron chi connectivity index (χ0n) is 12.4. The van der Waals surface area contributed by atoms with Crippen LogP contribution in [-0.2, 0) is 9.53 Å². The van der Waals surface area contributed by atoms with Crippen LogP contribution in [0.4, 0.5) is 0 Å². The number of nitrogens with zero attached hydrogens (tertiary/aromatic N) is 1. The van der Waals surface area contributed by atoms with Crippen molar-refractivity contribution in [3.63, 3.8) is 0 Å². The standard InChI is InChI=1S/C18H12ClNO4/c19-15-8-4-1-5-12(15)9-10-16(21)24-11-20-17(22)13-6-2-3-7-14(13)18(20)23/h1-10H,11H2. The predicted octanol–water partition coefficient (Wildman–Crippen LogP) is 3.15. The predicted molar refractivity (Wildman–Crippen MR) is 88.4 cm³/mol. The Kier molecular flexibility index (Phi) is 4.44. The average molecular weight is 342 g/mol. The molecule has 0 unspecified atom stereocenters. The molecule has 1 aliphatic heterocycles. The van der Waals surface area contributed by atoms with Gasteiger partial charge in [-0.05, 0) is 29.8 Å². The topological polar surface area (TPSA) is 63.7 Å². The minimum Gasteiger partial charge on any atom is -0.441 e. The molecule has 24 heavy (non-hydrogen) atoms. The Morgan fingerprint density at radius 1 is 1.00 bits per heavy atom. The number of hydrogen-bond donors (Lipinski definition) is 0. The van der Waals surface area contributed by atoms with Crippen molar-refractivity contribution in [2.24, 2.45) is 0 Å². The molecule has 120 valence electrons. The van der Waals surface area contributed by atoms with Gasteiger partial charge in [-0.2, -0.15) is 0 Å². The van der Waals surface area contributed by atoms with Gasteiger partial charge in [0.05, 0.1) is 11.1 Å². The van der Waals surface area contributed by atoms with Gasteiger partial charge < -0.3 is 4.74 Å². The molecule has 0 radical (unpaired) electrons. The summed E-state index contributed by atoms with van der Waals surface area (Å²) in [6.45, 7) is -0.432. The number of amides is 2. The fourth-order valence-corrected chi connectivity index (χ4v) is 2.50. The normalized spacial score (nSPS) is 13.5. The fraction of sp³-hybridized carbons (Fsp3) is 0.0556. The highest BCUT2D eigenvalue weighted by Crippen LogP contribution is 2.22. The molecule has 0 bridgehead atoms. The van der Waals surface area contributed by atoms with E-state index < -0.39 is 24.5 Å². The molecule has 2 amide bonds. The SMILES string of the molecule is O=C(C=Cc1ccccc1Cl)OCN1C(=O)c2ccccc2C1=O. The number of carbonyl (C=O) groups excluding carboxylic acids is 3. The van der Waals surface area contributed by atoms with Gasteiger partial charge in [0.15, 0.2) is 6.73 Å². The highest BCUT2D eigenvalue weighted by molar-refractivity contribution is 6.32. The van der Waals surface area contributed by atoms with Crippen molar-refractivity contribution in [1.82, 2.24) is 4.90 Å². The third-order valence-corrected chi connectivity index (χ3v) is 3.86. The lowest BCUT2D eigenvalue weighted by molar-refractivity contribution is -0.140. The summed E-state index contributed by atoms with van der Waals surface area (Å²) in [5.41, 5.74) is 1.28. The van der Waals surface area contributed by atoms with Gasteiger partial charge in [-0.1, -0.05) is 41.9 Å². The van der Waals surface area contributed by atoms with Crippen molar-refractivity contribution < 1.29 is 19.1 Å². The Balaban J connectivity index is 1.63. The molecule has 1 heterocycles. The first-order chi connectivity index (χ1) is 11.6. The summed E-state index contributed by atoms with van der Waals surface area (Å²) < 4.78 is 4.98. The summed E-state index contributed by atoms with van der Waals surface area (Å²) in [4.78, 5) is 36.9. The van der Waals surface area contributed by atoms with Crippen LogP contribution in [0.3, 0.4) is 0 Å². The number of carbonyl (C=O) groups is 3. The van der Waals surface area contributed by atoms with Crippen LogP contribution >= 0.6 is 11.6 Å². The molecule has 2 aromatic carbocycles. The Labute approximate surface area is 143 Å². The zero-order valence-corrected chi connectivity index (χ0v) is 13.2. The van der Waals surface area contributed by atoms with Gasteiger partial charge in [0.25, 0.3) is 11.8 Å². The third-order valence-electron chi connectivity index (χ3n) is 3.52. The van der Waals surface area contributed by atoms with Crippen LogP contribution in [0.5, 0.6) is 0 Å². The summed E-state index contributed by atoms with van der Waals surface area (Å²) in [6, 6.07) is 13.5. The van der Waals surface area contributed by atoms with E-state index >= 15 is 0 Å². The first kappa shape index (κ1) is 16.0. The van der Waals surface area contributed by atoms with Gasteiger partial charge in [-0.25, -0.2) is 9.69 Å². The third kappa shape index (κ3) is 3.07. The Hall–Kier alpha value is -2.92.